The lowest BCUT2D eigenvalue weighted by molar-refractivity contribution is -0.146. The van der Waals surface area contributed by atoms with E-state index in [2.05, 4.69) is 10.2 Å². The molecule has 2 rings (SSSR count). The summed E-state index contributed by atoms with van der Waals surface area (Å²) in [6.07, 6.45) is 0. The van der Waals surface area contributed by atoms with Crippen molar-refractivity contribution in [1.82, 2.24) is 10.2 Å². The number of nitrogens with zero attached hydrogens (tertiary/aromatic N) is 1. The molecule has 1 unspecified atom stereocenters. The van der Waals surface area contributed by atoms with Crippen molar-refractivity contribution in [3.63, 3.8) is 0 Å². The molecule has 0 aliphatic carbocycles. The highest BCUT2D eigenvalue weighted by Crippen LogP contribution is 2.22. The molecule has 1 N–H and O–H groups in total. The van der Waals surface area contributed by atoms with Crippen LogP contribution in [-0.4, -0.2) is 43.2 Å². The number of carbonyl (C=O) groups is 1. The number of piperazine rings is 1. The Bertz CT molecular complexity index is 482. The lowest BCUT2D eigenvalue weighted by Gasteiger charge is -2.32. The van der Waals surface area contributed by atoms with E-state index in [1.54, 1.807) is 6.07 Å². The van der Waals surface area contributed by atoms with Crippen LogP contribution in [0.2, 0.25) is 10.0 Å². The quantitative estimate of drug-likeness (QED) is 0.866. The van der Waals surface area contributed by atoms with Gasteiger partial charge < -0.3 is 10.1 Å². The second-order valence-corrected chi connectivity index (χ2v) is 5.57. The molecule has 1 aliphatic rings. The Labute approximate surface area is 129 Å². The molecule has 1 atom stereocenters. The van der Waals surface area contributed by atoms with Crippen LogP contribution < -0.4 is 5.32 Å². The average molecular weight is 317 g/mol. The van der Waals surface area contributed by atoms with Gasteiger partial charge in [0.25, 0.3) is 0 Å². The molecule has 20 heavy (non-hydrogen) atoms. The zero-order valence-electron chi connectivity index (χ0n) is 11.4. The predicted molar refractivity (Wildman–Crippen MR) is 80.2 cm³/mol. The SMILES string of the molecule is CCOC(=O)C1CN(Cc2ccc(Cl)cc2Cl)CCN1. The fraction of sp³-hybridized carbons (Fsp3) is 0.500. The first kappa shape index (κ1) is 15.6. The Balaban J connectivity index is 1.97. The van der Waals surface area contributed by atoms with Crippen molar-refractivity contribution < 1.29 is 9.53 Å². The van der Waals surface area contributed by atoms with Crippen molar-refractivity contribution in [2.45, 2.75) is 19.5 Å². The van der Waals surface area contributed by atoms with Gasteiger partial charge in [0.2, 0.25) is 0 Å². The minimum absolute atomic E-state index is 0.195. The second-order valence-electron chi connectivity index (χ2n) is 4.73. The van der Waals surface area contributed by atoms with Gasteiger partial charge in [0.1, 0.15) is 6.04 Å². The lowest BCUT2D eigenvalue weighted by atomic mass is 10.1. The van der Waals surface area contributed by atoms with Crippen LogP contribution in [0.25, 0.3) is 0 Å². The number of carbonyl (C=O) groups excluding carboxylic acids is 1. The minimum atomic E-state index is -0.269. The predicted octanol–water partition coefficient (Wildman–Crippen LogP) is 2.33. The molecule has 0 radical (unpaired) electrons. The van der Waals surface area contributed by atoms with Gasteiger partial charge in [-0.2, -0.15) is 0 Å². The van der Waals surface area contributed by atoms with Gasteiger partial charge in [-0.05, 0) is 24.6 Å². The molecule has 0 amide bonds. The van der Waals surface area contributed by atoms with Crippen molar-refractivity contribution in [3.05, 3.63) is 33.8 Å². The smallest absolute Gasteiger partial charge is 0.324 e. The fourth-order valence-electron chi connectivity index (χ4n) is 2.25. The molecular weight excluding hydrogens is 299 g/mol. The molecule has 1 aromatic rings. The molecule has 0 spiro atoms. The Hall–Kier alpha value is -0.810. The molecule has 4 nitrogen and oxygen atoms in total. The van der Waals surface area contributed by atoms with Crippen LogP contribution >= 0.6 is 23.2 Å². The summed E-state index contributed by atoms with van der Waals surface area (Å²) in [5.41, 5.74) is 1.01. The van der Waals surface area contributed by atoms with Crippen LogP contribution in [0.5, 0.6) is 0 Å². The Morgan fingerprint density at radius 2 is 2.30 bits per heavy atom. The van der Waals surface area contributed by atoms with E-state index in [4.69, 9.17) is 27.9 Å². The third-order valence-electron chi connectivity index (χ3n) is 3.24. The van der Waals surface area contributed by atoms with Crippen LogP contribution in [0.1, 0.15) is 12.5 Å². The van der Waals surface area contributed by atoms with Gasteiger partial charge >= 0.3 is 5.97 Å². The Kier molecular flexibility index (Phi) is 5.66. The zero-order chi connectivity index (χ0) is 14.5. The van der Waals surface area contributed by atoms with E-state index in [1.165, 1.54) is 0 Å². The highest BCUT2D eigenvalue weighted by Gasteiger charge is 2.26. The van der Waals surface area contributed by atoms with E-state index in [-0.39, 0.29) is 12.0 Å². The van der Waals surface area contributed by atoms with Gasteiger partial charge in [-0.15, -0.1) is 0 Å². The largest absolute Gasteiger partial charge is 0.465 e. The molecule has 1 saturated heterocycles. The summed E-state index contributed by atoms with van der Waals surface area (Å²) in [7, 11) is 0. The van der Waals surface area contributed by atoms with Gasteiger partial charge in [0.15, 0.2) is 0 Å². The van der Waals surface area contributed by atoms with E-state index in [0.29, 0.717) is 29.7 Å². The number of hydrogen-bond donors (Lipinski definition) is 1. The highest BCUT2D eigenvalue weighted by molar-refractivity contribution is 6.35. The Morgan fingerprint density at radius 1 is 1.50 bits per heavy atom. The summed E-state index contributed by atoms with van der Waals surface area (Å²) in [5, 5.41) is 4.46. The van der Waals surface area contributed by atoms with Crippen molar-refractivity contribution in [2.24, 2.45) is 0 Å². The molecule has 1 aromatic carbocycles. The number of rotatable bonds is 4. The zero-order valence-corrected chi connectivity index (χ0v) is 12.9. The number of hydrogen-bond acceptors (Lipinski definition) is 4. The molecule has 0 bridgehead atoms. The first-order chi connectivity index (χ1) is 9.60. The molecule has 110 valence electrons. The lowest BCUT2D eigenvalue weighted by Crippen LogP contribution is -2.54. The van der Waals surface area contributed by atoms with Crippen LogP contribution in [-0.2, 0) is 16.1 Å². The molecule has 6 heteroatoms. The standard InChI is InChI=1S/C14H18Cl2N2O2/c1-2-20-14(19)13-9-18(6-5-17-13)8-10-3-4-11(15)7-12(10)16/h3-4,7,13,17H,2,5-6,8-9H2,1H3. The third kappa shape index (κ3) is 4.09. The third-order valence-corrected chi connectivity index (χ3v) is 3.83. The molecular formula is C14H18Cl2N2O2. The Morgan fingerprint density at radius 3 is 3.00 bits per heavy atom. The van der Waals surface area contributed by atoms with Gasteiger partial charge in [0.05, 0.1) is 6.61 Å². The van der Waals surface area contributed by atoms with Gasteiger partial charge in [-0.3, -0.25) is 9.69 Å². The number of ether oxygens (including phenoxy) is 1. The fourth-order valence-corrected chi connectivity index (χ4v) is 2.71. The average Bonchev–Trinajstić information content (AvgIpc) is 2.43. The summed E-state index contributed by atoms with van der Waals surface area (Å²) in [5.74, 6) is -0.195. The summed E-state index contributed by atoms with van der Waals surface area (Å²) in [4.78, 5) is 13.9. The minimum Gasteiger partial charge on any atom is -0.465 e. The summed E-state index contributed by atoms with van der Waals surface area (Å²) in [6, 6.07) is 5.22. The topological polar surface area (TPSA) is 41.6 Å². The second kappa shape index (κ2) is 7.27. The molecule has 1 heterocycles. The highest BCUT2D eigenvalue weighted by atomic mass is 35.5. The first-order valence-corrected chi connectivity index (χ1v) is 7.42. The summed E-state index contributed by atoms with van der Waals surface area (Å²) < 4.78 is 5.05. The summed E-state index contributed by atoms with van der Waals surface area (Å²) >= 11 is 12.1. The maximum atomic E-state index is 11.8. The van der Waals surface area contributed by atoms with E-state index >= 15 is 0 Å². The number of halogens is 2. The molecule has 1 aliphatic heterocycles. The van der Waals surface area contributed by atoms with E-state index < -0.39 is 0 Å². The monoisotopic (exact) mass is 316 g/mol. The van der Waals surface area contributed by atoms with Crippen molar-refractivity contribution in [2.75, 3.05) is 26.2 Å². The molecule has 1 fully saturated rings. The van der Waals surface area contributed by atoms with Crippen LogP contribution in [0.4, 0.5) is 0 Å². The van der Waals surface area contributed by atoms with Gasteiger partial charge in [-0.1, -0.05) is 29.3 Å². The first-order valence-electron chi connectivity index (χ1n) is 6.66. The van der Waals surface area contributed by atoms with Crippen molar-refractivity contribution in [3.8, 4) is 0 Å². The van der Waals surface area contributed by atoms with Gasteiger partial charge in [0, 0.05) is 36.2 Å². The number of nitrogens with one attached hydrogen (secondary N) is 1. The van der Waals surface area contributed by atoms with Crippen molar-refractivity contribution >= 4 is 29.2 Å². The number of benzene rings is 1. The van der Waals surface area contributed by atoms with E-state index in [9.17, 15) is 4.79 Å². The van der Waals surface area contributed by atoms with E-state index in [1.807, 2.05) is 19.1 Å². The maximum absolute atomic E-state index is 11.8. The maximum Gasteiger partial charge on any atom is 0.324 e. The van der Waals surface area contributed by atoms with Crippen LogP contribution in [0, 0.1) is 0 Å². The molecule has 0 aromatic heterocycles. The van der Waals surface area contributed by atoms with Crippen LogP contribution in [0.3, 0.4) is 0 Å². The molecule has 0 saturated carbocycles. The normalized spacial score (nSPS) is 19.9. The van der Waals surface area contributed by atoms with Crippen molar-refractivity contribution in [1.29, 1.82) is 0 Å². The van der Waals surface area contributed by atoms with Gasteiger partial charge in [-0.25, -0.2) is 0 Å². The van der Waals surface area contributed by atoms with Crippen LogP contribution in [0.15, 0.2) is 18.2 Å². The van der Waals surface area contributed by atoms with E-state index in [0.717, 1.165) is 18.7 Å². The summed E-state index contributed by atoms with van der Waals surface area (Å²) in [6.45, 7) is 5.17. The number of esters is 1.